The molecule has 2 fully saturated rings. The number of carbonyl (C=O) groups is 1. The Kier molecular flexibility index (Phi) is 4.37. The summed E-state index contributed by atoms with van der Waals surface area (Å²) in [7, 11) is 1.98. The van der Waals surface area contributed by atoms with Crippen LogP contribution >= 0.6 is 11.3 Å². The number of thiophene rings is 1. The summed E-state index contributed by atoms with van der Waals surface area (Å²) in [4.78, 5) is 27.2. The minimum Gasteiger partial charge on any atom is -0.344 e. The maximum absolute atomic E-state index is 13.1. The third kappa shape index (κ3) is 2.75. The Bertz CT molecular complexity index is 733. The van der Waals surface area contributed by atoms with Crippen LogP contribution in [0.2, 0.25) is 0 Å². The average molecular weight is 345 g/mol. The summed E-state index contributed by atoms with van der Waals surface area (Å²) >= 11 is 1.62. The molecule has 0 spiro atoms. The van der Waals surface area contributed by atoms with Crippen molar-refractivity contribution in [2.75, 3.05) is 38.1 Å². The van der Waals surface area contributed by atoms with Gasteiger partial charge in [-0.15, -0.1) is 11.3 Å². The van der Waals surface area contributed by atoms with E-state index in [9.17, 15) is 4.79 Å². The van der Waals surface area contributed by atoms with Crippen molar-refractivity contribution in [2.24, 2.45) is 5.92 Å². The highest BCUT2D eigenvalue weighted by atomic mass is 32.1. The van der Waals surface area contributed by atoms with E-state index in [4.69, 9.17) is 0 Å². The highest BCUT2D eigenvalue weighted by molar-refractivity contribution is 7.16. The molecule has 128 valence electrons. The second-order valence-corrected chi connectivity index (χ2v) is 7.58. The second kappa shape index (κ2) is 6.64. The summed E-state index contributed by atoms with van der Waals surface area (Å²) in [5.41, 5.74) is 0. The maximum atomic E-state index is 13.1. The third-order valence-corrected chi connectivity index (χ3v) is 5.96. The monoisotopic (exact) mass is 345 g/mol. The number of hydrogen-bond donors (Lipinski definition) is 1. The summed E-state index contributed by atoms with van der Waals surface area (Å²) in [5.74, 6) is 1.77. The van der Waals surface area contributed by atoms with Crippen molar-refractivity contribution in [1.29, 1.82) is 0 Å². The number of likely N-dealkylation sites (tertiary alicyclic amines) is 1. The summed E-state index contributed by atoms with van der Waals surface area (Å²) < 4.78 is 0. The molecule has 7 heteroatoms. The van der Waals surface area contributed by atoms with Crippen LogP contribution in [0.1, 0.15) is 19.3 Å². The minimum absolute atomic E-state index is 0.0728. The molecule has 2 aromatic rings. The fourth-order valence-corrected chi connectivity index (χ4v) is 4.71. The molecule has 0 aliphatic carbocycles. The van der Waals surface area contributed by atoms with Gasteiger partial charge in [-0.3, -0.25) is 4.79 Å². The molecule has 4 heterocycles. The van der Waals surface area contributed by atoms with Gasteiger partial charge in [0.05, 0.1) is 5.39 Å². The van der Waals surface area contributed by atoms with Gasteiger partial charge in [0.25, 0.3) is 0 Å². The van der Waals surface area contributed by atoms with Gasteiger partial charge in [-0.1, -0.05) is 0 Å². The van der Waals surface area contributed by atoms with Gasteiger partial charge in [0.2, 0.25) is 5.91 Å². The van der Waals surface area contributed by atoms with Crippen LogP contribution in [-0.4, -0.2) is 60.0 Å². The molecule has 0 saturated carbocycles. The maximum Gasteiger partial charge on any atom is 0.245 e. The van der Waals surface area contributed by atoms with E-state index < -0.39 is 0 Å². The van der Waals surface area contributed by atoms with E-state index in [-0.39, 0.29) is 11.9 Å². The minimum atomic E-state index is -0.0728. The fourth-order valence-electron chi connectivity index (χ4n) is 3.98. The molecule has 2 aliphatic heterocycles. The lowest BCUT2D eigenvalue weighted by Crippen LogP contribution is -2.45. The molecule has 24 heavy (non-hydrogen) atoms. The normalized spacial score (nSPS) is 24.2. The summed E-state index contributed by atoms with van der Waals surface area (Å²) in [6, 6.07) is 1.99. The zero-order valence-corrected chi connectivity index (χ0v) is 14.8. The van der Waals surface area contributed by atoms with Gasteiger partial charge in [0.15, 0.2) is 0 Å². The number of rotatable bonds is 4. The molecular formula is C17H23N5OS. The number of aromatic nitrogens is 2. The van der Waals surface area contributed by atoms with Crippen molar-refractivity contribution in [3.05, 3.63) is 17.8 Å². The van der Waals surface area contributed by atoms with E-state index in [1.165, 1.54) is 0 Å². The molecule has 0 aromatic carbocycles. The van der Waals surface area contributed by atoms with Crippen LogP contribution in [0.15, 0.2) is 17.8 Å². The van der Waals surface area contributed by atoms with Gasteiger partial charge in [0, 0.05) is 19.6 Å². The highest BCUT2D eigenvalue weighted by Crippen LogP contribution is 2.32. The quantitative estimate of drug-likeness (QED) is 0.914. The molecule has 2 saturated heterocycles. The van der Waals surface area contributed by atoms with Gasteiger partial charge in [-0.25, -0.2) is 9.97 Å². The lowest BCUT2D eigenvalue weighted by atomic mass is 10.1. The summed E-state index contributed by atoms with van der Waals surface area (Å²) in [6.45, 7) is 3.64. The molecule has 2 unspecified atom stereocenters. The van der Waals surface area contributed by atoms with Gasteiger partial charge in [-0.2, -0.15) is 0 Å². The van der Waals surface area contributed by atoms with Crippen molar-refractivity contribution in [2.45, 2.75) is 25.3 Å². The standard InChI is InChI=1S/C17H23N5OS/c1-18-9-12-4-7-21(10-12)17(23)14-3-2-6-22(14)15-13-5-8-24-16(13)20-11-19-15/h5,8,11-12,14,18H,2-4,6-7,9-10H2,1H3. The molecule has 2 aromatic heterocycles. The van der Waals surface area contributed by atoms with Crippen molar-refractivity contribution in [1.82, 2.24) is 20.2 Å². The van der Waals surface area contributed by atoms with E-state index >= 15 is 0 Å². The molecule has 0 bridgehead atoms. The smallest absolute Gasteiger partial charge is 0.245 e. The van der Waals surface area contributed by atoms with Crippen molar-refractivity contribution in [3.8, 4) is 0 Å². The Labute approximate surface area is 145 Å². The van der Waals surface area contributed by atoms with Gasteiger partial charge in [0.1, 0.15) is 23.0 Å². The molecule has 2 aliphatic rings. The molecule has 0 radical (unpaired) electrons. The number of nitrogens with zero attached hydrogens (tertiary/aromatic N) is 4. The first-order valence-electron chi connectivity index (χ1n) is 8.66. The van der Waals surface area contributed by atoms with Gasteiger partial charge < -0.3 is 15.1 Å². The van der Waals surface area contributed by atoms with Crippen LogP contribution in [0, 0.1) is 5.92 Å². The predicted molar refractivity (Wildman–Crippen MR) is 96.4 cm³/mol. The predicted octanol–water partition coefficient (Wildman–Crippen LogP) is 1.73. The van der Waals surface area contributed by atoms with E-state index in [0.717, 1.165) is 61.5 Å². The highest BCUT2D eigenvalue weighted by Gasteiger charge is 2.37. The first-order valence-corrected chi connectivity index (χ1v) is 9.54. The Balaban J connectivity index is 1.55. The number of fused-ring (bicyclic) bond motifs is 1. The van der Waals surface area contributed by atoms with Crippen molar-refractivity contribution < 1.29 is 4.79 Å². The lowest BCUT2D eigenvalue weighted by molar-refractivity contribution is -0.131. The van der Waals surface area contributed by atoms with Crippen LogP contribution < -0.4 is 10.2 Å². The molecule has 4 rings (SSSR count). The Hall–Kier alpha value is -1.73. The van der Waals surface area contributed by atoms with Crippen LogP contribution in [0.4, 0.5) is 5.82 Å². The Morgan fingerprint density at radius 2 is 2.29 bits per heavy atom. The third-order valence-electron chi connectivity index (χ3n) is 5.14. The van der Waals surface area contributed by atoms with Crippen LogP contribution in [0.3, 0.4) is 0 Å². The molecule has 6 nitrogen and oxygen atoms in total. The topological polar surface area (TPSA) is 61.4 Å². The Morgan fingerprint density at radius 1 is 1.38 bits per heavy atom. The number of amides is 1. The summed E-state index contributed by atoms with van der Waals surface area (Å²) in [5, 5.41) is 6.33. The average Bonchev–Trinajstić information content (AvgIpc) is 3.33. The van der Waals surface area contributed by atoms with Crippen LogP contribution in [0.25, 0.3) is 10.2 Å². The number of hydrogen-bond acceptors (Lipinski definition) is 6. The molecule has 1 amide bonds. The second-order valence-electron chi connectivity index (χ2n) is 6.68. The summed E-state index contributed by atoms with van der Waals surface area (Å²) in [6.07, 6.45) is 4.68. The fraction of sp³-hybridized carbons (Fsp3) is 0.588. The molecule has 2 atom stereocenters. The first-order chi connectivity index (χ1) is 11.8. The number of carbonyl (C=O) groups excluding carboxylic acids is 1. The van der Waals surface area contributed by atoms with Gasteiger partial charge >= 0.3 is 0 Å². The zero-order chi connectivity index (χ0) is 16.5. The first kappa shape index (κ1) is 15.8. The van der Waals surface area contributed by atoms with E-state index in [1.54, 1.807) is 17.7 Å². The Morgan fingerprint density at radius 3 is 3.17 bits per heavy atom. The van der Waals surface area contributed by atoms with Gasteiger partial charge in [-0.05, 0) is 50.2 Å². The SMILES string of the molecule is CNCC1CCN(C(=O)C2CCCN2c2ncnc3sccc23)C1. The van der Waals surface area contributed by atoms with Crippen molar-refractivity contribution in [3.63, 3.8) is 0 Å². The van der Waals surface area contributed by atoms with E-state index in [1.807, 2.05) is 12.4 Å². The van der Waals surface area contributed by atoms with Crippen LogP contribution in [-0.2, 0) is 4.79 Å². The zero-order valence-electron chi connectivity index (χ0n) is 13.9. The lowest BCUT2D eigenvalue weighted by Gasteiger charge is -2.29. The van der Waals surface area contributed by atoms with E-state index in [2.05, 4.69) is 31.2 Å². The molecular weight excluding hydrogens is 322 g/mol. The van der Waals surface area contributed by atoms with Crippen molar-refractivity contribution >= 4 is 33.3 Å². The van der Waals surface area contributed by atoms with E-state index in [0.29, 0.717) is 5.92 Å². The van der Waals surface area contributed by atoms with Crippen LogP contribution in [0.5, 0.6) is 0 Å². The molecule has 1 N–H and O–H groups in total. The number of anilines is 1. The largest absolute Gasteiger partial charge is 0.344 e. The number of nitrogens with one attached hydrogen (secondary N) is 1.